The fraction of sp³-hybridized carbons (Fsp3) is 0.133. The molecule has 0 saturated carbocycles. The zero-order valence-electron chi connectivity index (χ0n) is 11.7. The van der Waals surface area contributed by atoms with Gasteiger partial charge >= 0.3 is 11.9 Å². The van der Waals surface area contributed by atoms with E-state index in [0.717, 1.165) is 0 Å². The number of imide groups is 1. The molecular formula is C15H13N3O4. The molecule has 112 valence electrons. The number of rotatable bonds is 3. The van der Waals surface area contributed by atoms with Crippen molar-refractivity contribution in [2.75, 3.05) is 0 Å². The highest BCUT2D eigenvalue weighted by Crippen LogP contribution is 2.27. The third kappa shape index (κ3) is 2.12. The predicted molar refractivity (Wildman–Crippen MR) is 75.3 cm³/mol. The van der Waals surface area contributed by atoms with Crippen molar-refractivity contribution in [2.24, 2.45) is 0 Å². The van der Waals surface area contributed by atoms with E-state index in [9.17, 15) is 14.4 Å². The molecule has 0 bridgehead atoms. The van der Waals surface area contributed by atoms with Crippen molar-refractivity contribution in [1.29, 1.82) is 0 Å². The summed E-state index contributed by atoms with van der Waals surface area (Å²) in [6.45, 7) is 1.58. The average Bonchev–Trinajstić information content (AvgIpc) is 3.12. The molecule has 1 fully saturated rings. The van der Waals surface area contributed by atoms with Crippen LogP contribution in [0.5, 0.6) is 0 Å². The molecule has 1 saturated heterocycles. The molecule has 7 nitrogen and oxygen atoms in total. The first-order valence-electron chi connectivity index (χ1n) is 6.59. The SMILES string of the molecule is CC1(c2ccccc2)NC(=O)N(NC(=O)c2ccco2)C1=O. The second-order valence-corrected chi connectivity index (χ2v) is 4.98. The maximum atomic E-state index is 12.5. The van der Waals surface area contributed by atoms with Crippen molar-refractivity contribution in [1.82, 2.24) is 15.8 Å². The van der Waals surface area contributed by atoms with E-state index in [1.807, 2.05) is 6.07 Å². The standard InChI is InChI=1S/C15H13N3O4/c1-15(10-6-3-2-4-7-10)13(20)18(14(21)16-15)17-12(19)11-8-5-9-22-11/h2-9H,1H3,(H,16,21)(H,17,19). The molecular weight excluding hydrogens is 286 g/mol. The Bertz CT molecular complexity index is 727. The Labute approximate surface area is 125 Å². The van der Waals surface area contributed by atoms with E-state index in [4.69, 9.17) is 4.42 Å². The van der Waals surface area contributed by atoms with Gasteiger partial charge in [0.1, 0.15) is 5.54 Å². The Morgan fingerprint density at radius 2 is 1.91 bits per heavy atom. The Morgan fingerprint density at radius 1 is 1.18 bits per heavy atom. The minimum atomic E-state index is -1.23. The smallest absolute Gasteiger partial charge is 0.344 e. The van der Waals surface area contributed by atoms with Gasteiger partial charge in [0.25, 0.3) is 5.91 Å². The molecule has 1 aromatic carbocycles. The van der Waals surface area contributed by atoms with Crippen LogP contribution in [-0.2, 0) is 10.3 Å². The first-order chi connectivity index (χ1) is 10.5. The fourth-order valence-electron chi connectivity index (χ4n) is 2.27. The van der Waals surface area contributed by atoms with Crippen molar-refractivity contribution < 1.29 is 18.8 Å². The molecule has 22 heavy (non-hydrogen) atoms. The highest BCUT2D eigenvalue weighted by molar-refractivity contribution is 6.09. The van der Waals surface area contributed by atoms with E-state index in [0.29, 0.717) is 10.6 Å². The molecule has 2 heterocycles. The van der Waals surface area contributed by atoms with Gasteiger partial charge in [0.15, 0.2) is 5.76 Å². The van der Waals surface area contributed by atoms with Crippen LogP contribution >= 0.6 is 0 Å². The number of urea groups is 1. The van der Waals surface area contributed by atoms with Gasteiger partial charge in [0.05, 0.1) is 6.26 Å². The van der Waals surface area contributed by atoms with E-state index in [-0.39, 0.29) is 5.76 Å². The van der Waals surface area contributed by atoms with Crippen LogP contribution in [0.1, 0.15) is 23.0 Å². The molecule has 1 aliphatic heterocycles. The lowest BCUT2D eigenvalue weighted by atomic mass is 9.92. The quantitative estimate of drug-likeness (QED) is 0.838. The van der Waals surface area contributed by atoms with Crippen LogP contribution in [0.3, 0.4) is 0 Å². The zero-order valence-corrected chi connectivity index (χ0v) is 11.7. The van der Waals surface area contributed by atoms with Crippen LogP contribution in [-0.4, -0.2) is 22.9 Å². The van der Waals surface area contributed by atoms with Crippen LogP contribution in [0.15, 0.2) is 53.1 Å². The first kappa shape index (κ1) is 13.9. The Morgan fingerprint density at radius 3 is 2.55 bits per heavy atom. The van der Waals surface area contributed by atoms with Gasteiger partial charge < -0.3 is 9.73 Å². The summed E-state index contributed by atoms with van der Waals surface area (Å²) in [6, 6.07) is 11.1. The summed E-state index contributed by atoms with van der Waals surface area (Å²) < 4.78 is 4.93. The molecule has 0 aliphatic carbocycles. The minimum Gasteiger partial charge on any atom is -0.459 e. The number of nitrogens with zero attached hydrogens (tertiary/aromatic N) is 1. The van der Waals surface area contributed by atoms with Crippen molar-refractivity contribution in [3.8, 4) is 0 Å². The summed E-state index contributed by atoms with van der Waals surface area (Å²) in [5.74, 6) is -1.23. The van der Waals surface area contributed by atoms with Gasteiger partial charge in [0, 0.05) is 0 Å². The molecule has 1 aromatic heterocycles. The Kier molecular flexibility index (Phi) is 3.17. The number of carbonyl (C=O) groups is 3. The molecule has 7 heteroatoms. The normalized spacial score (nSPS) is 20.9. The van der Waals surface area contributed by atoms with Crippen molar-refractivity contribution in [3.05, 3.63) is 60.1 Å². The number of furan rings is 1. The first-order valence-corrected chi connectivity index (χ1v) is 6.59. The van der Waals surface area contributed by atoms with Crippen molar-refractivity contribution in [3.63, 3.8) is 0 Å². The highest BCUT2D eigenvalue weighted by Gasteiger charge is 2.50. The number of hydrogen-bond donors (Lipinski definition) is 2. The van der Waals surface area contributed by atoms with Crippen LogP contribution in [0, 0.1) is 0 Å². The third-order valence-corrected chi connectivity index (χ3v) is 3.50. The van der Waals surface area contributed by atoms with E-state index in [1.165, 1.54) is 18.4 Å². The highest BCUT2D eigenvalue weighted by atomic mass is 16.3. The molecule has 3 rings (SSSR count). The lowest BCUT2D eigenvalue weighted by molar-refractivity contribution is -0.132. The molecule has 4 amide bonds. The maximum absolute atomic E-state index is 12.5. The number of hydrazine groups is 1. The zero-order chi connectivity index (χ0) is 15.7. The van der Waals surface area contributed by atoms with Gasteiger partial charge in [-0.05, 0) is 24.6 Å². The number of benzene rings is 1. The lowest BCUT2D eigenvalue weighted by Crippen LogP contribution is -2.47. The van der Waals surface area contributed by atoms with Gasteiger partial charge in [-0.3, -0.25) is 9.59 Å². The Hall–Kier alpha value is -3.09. The third-order valence-electron chi connectivity index (χ3n) is 3.50. The number of carbonyl (C=O) groups excluding carboxylic acids is 3. The second-order valence-electron chi connectivity index (χ2n) is 4.98. The average molecular weight is 299 g/mol. The van der Waals surface area contributed by atoms with Crippen LogP contribution in [0.2, 0.25) is 0 Å². The van der Waals surface area contributed by atoms with Crippen molar-refractivity contribution >= 4 is 17.8 Å². The summed E-state index contributed by atoms with van der Waals surface area (Å²) in [4.78, 5) is 36.5. The van der Waals surface area contributed by atoms with Gasteiger partial charge in [-0.25, -0.2) is 10.2 Å². The summed E-state index contributed by atoms with van der Waals surface area (Å²) >= 11 is 0. The topological polar surface area (TPSA) is 91.7 Å². The summed E-state index contributed by atoms with van der Waals surface area (Å²) in [6.07, 6.45) is 1.33. The molecule has 1 unspecified atom stereocenters. The van der Waals surface area contributed by atoms with Crippen LogP contribution in [0.25, 0.3) is 0 Å². The number of nitrogens with one attached hydrogen (secondary N) is 2. The van der Waals surface area contributed by atoms with E-state index in [1.54, 1.807) is 31.2 Å². The molecule has 1 aliphatic rings. The van der Waals surface area contributed by atoms with E-state index < -0.39 is 23.4 Å². The summed E-state index contributed by atoms with van der Waals surface area (Å²) in [5, 5.41) is 3.25. The van der Waals surface area contributed by atoms with Gasteiger partial charge in [-0.15, -0.1) is 0 Å². The summed E-state index contributed by atoms with van der Waals surface area (Å²) in [5.41, 5.74) is 1.65. The fourth-order valence-corrected chi connectivity index (χ4v) is 2.27. The molecule has 2 N–H and O–H groups in total. The molecule has 2 aromatic rings. The van der Waals surface area contributed by atoms with E-state index in [2.05, 4.69) is 10.7 Å². The molecule has 1 atom stereocenters. The predicted octanol–water partition coefficient (Wildman–Crippen LogP) is 1.39. The van der Waals surface area contributed by atoms with Gasteiger partial charge in [0.2, 0.25) is 0 Å². The lowest BCUT2D eigenvalue weighted by Gasteiger charge is -2.21. The molecule has 0 spiro atoms. The van der Waals surface area contributed by atoms with Gasteiger partial charge in [-0.2, -0.15) is 5.01 Å². The largest absolute Gasteiger partial charge is 0.459 e. The van der Waals surface area contributed by atoms with Crippen LogP contribution in [0.4, 0.5) is 4.79 Å². The monoisotopic (exact) mass is 299 g/mol. The van der Waals surface area contributed by atoms with Crippen molar-refractivity contribution in [2.45, 2.75) is 12.5 Å². The second kappa shape index (κ2) is 5.03. The molecule has 0 radical (unpaired) electrons. The minimum absolute atomic E-state index is 0.00825. The maximum Gasteiger partial charge on any atom is 0.344 e. The van der Waals surface area contributed by atoms with Crippen LogP contribution < -0.4 is 10.7 Å². The van der Waals surface area contributed by atoms with Gasteiger partial charge in [-0.1, -0.05) is 30.3 Å². The number of amides is 4. The number of hydrogen-bond acceptors (Lipinski definition) is 4. The Balaban J connectivity index is 1.84. The van der Waals surface area contributed by atoms with E-state index >= 15 is 0 Å². The summed E-state index contributed by atoms with van der Waals surface area (Å²) in [7, 11) is 0.